The number of ketones is 1. The fourth-order valence-electron chi connectivity index (χ4n) is 1.58. The van der Waals surface area contributed by atoms with Crippen LogP contribution in [0, 0.1) is 15.5 Å². The summed E-state index contributed by atoms with van der Waals surface area (Å²) in [6, 6.07) is 4.47. The Morgan fingerprint density at radius 2 is 2.17 bits per heavy atom. The lowest BCUT2D eigenvalue weighted by Gasteiger charge is -2.01. The number of rotatable bonds is 4. The molecule has 0 aliphatic heterocycles. The number of carbonyl (C=O) groups excluding carboxylic acids is 1. The maximum Gasteiger partial charge on any atom is 0.288 e. The fraction of sp³-hybridized carbons (Fsp3) is 0.308. The molecule has 0 atom stereocenters. The minimum Gasteiger partial charge on any atom is -0.294 e. The zero-order valence-electron chi connectivity index (χ0n) is 9.85. The number of nitrogens with zero attached hydrogens (tertiary/aromatic N) is 1. The molecule has 0 spiro atoms. The lowest BCUT2D eigenvalue weighted by atomic mass is 10.0. The number of carbonyl (C=O) groups is 1. The summed E-state index contributed by atoms with van der Waals surface area (Å²) < 4.78 is 0. The third-order valence-electron chi connectivity index (χ3n) is 3.19. The fourth-order valence-corrected chi connectivity index (χ4v) is 1.77. The monoisotopic (exact) mass is 265 g/mol. The zero-order chi connectivity index (χ0) is 13.3. The minimum atomic E-state index is -0.538. The molecule has 0 N–H and O–H groups in total. The van der Waals surface area contributed by atoms with Gasteiger partial charge in [0, 0.05) is 11.5 Å². The largest absolute Gasteiger partial charge is 0.294 e. The first-order valence-electron chi connectivity index (χ1n) is 5.59. The number of halogens is 1. The van der Waals surface area contributed by atoms with E-state index >= 15 is 0 Å². The number of nitro benzene ring substituents is 1. The van der Waals surface area contributed by atoms with Crippen LogP contribution in [0.2, 0.25) is 5.02 Å². The number of benzene rings is 1. The second-order valence-corrected chi connectivity index (χ2v) is 5.13. The van der Waals surface area contributed by atoms with Crippen LogP contribution in [0.5, 0.6) is 0 Å². The van der Waals surface area contributed by atoms with E-state index in [1.54, 1.807) is 12.1 Å². The molecule has 94 valence electrons. The van der Waals surface area contributed by atoms with Crippen LogP contribution in [0.3, 0.4) is 0 Å². The summed E-state index contributed by atoms with van der Waals surface area (Å²) in [5.41, 5.74) is 0.238. The van der Waals surface area contributed by atoms with Gasteiger partial charge in [-0.05, 0) is 30.5 Å². The normalized spacial score (nSPS) is 16.8. The van der Waals surface area contributed by atoms with E-state index in [-0.39, 0.29) is 21.9 Å². The summed E-state index contributed by atoms with van der Waals surface area (Å²) >= 11 is 5.70. The van der Waals surface area contributed by atoms with E-state index in [9.17, 15) is 14.9 Å². The second kappa shape index (κ2) is 4.53. The van der Waals surface area contributed by atoms with E-state index < -0.39 is 4.92 Å². The first-order chi connectivity index (χ1) is 8.42. The zero-order valence-corrected chi connectivity index (χ0v) is 10.6. The van der Waals surface area contributed by atoms with E-state index in [1.165, 1.54) is 18.2 Å². The van der Waals surface area contributed by atoms with Gasteiger partial charge in [0.1, 0.15) is 5.02 Å². The van der Waals surface area contributed by atoms with Gasteiger partial charge in [-0.1, -0.05) is 30.7 Å². The van der Waals surface area contributed by atoms with Crippen LogP contribution in [0.25, 0.3) is 6.08 Å². The molecular weight excluding hydrogens is 254 g/mol. The molecule has 1 aliphatic rings. The first-order valence-corrected chi connectivity index (χ1v) is 5.97. The summed E-state index contributed by atoms with van der Waals surface area (Å²) in [7, 11) is 0. The Morgan fingerprint density at radius 1 is 1.50 bits per heavy atom. The molecule has 1 aromatic carbocycles. The molecule has 0 unspecified atom stereocenters. The molecule has 0 saturated heterocycles. The van der Waals surface area contributed by atoms with E-state index in [1.807, 2.05) is 6.92 Å². The van der Waals surface area contributed by atoms with Crippen molar-refractivity contribution in [3.05, 3.63) is 45.0 Å². The molecule has 1 aromatic rings. The van der Waals surface area contributed by atoms with E-state index in [4.69, 9.17) is 11.6 Å². The van der Waals surface area contributed by atoms with Gasteiger partial charge in [0.05, 0.1) is 4.92 Å². The van der Waals surface area contributed by atoms with Crippen molar-refractivity contribution in [3.63, 3.8) is 0 Å². The van der Waals surface area contributed by atoms with Crippen molar-refractivity contribution >= 4 is 29.1 Å². The van der Waals surface area contributed by atoms with Crippen molar-refractivity contribution in [2.45, 2.75) is 19.8 Å². The summed E-state index contributed by atoms with van der Waals surface area (Å²) in [5.74, 6) is 0.0695. The average Bonchev–Trinajstić information content (AvgIpc) is 3.07. The number of hydrogen-bond acceptors (Lipinski definition) is 3. The van der Waals surface area contributed by atoms with Crippen LogP contribution in [0.4, 0.5) is 5.69 Å². The Bertz CT molecular complexity index is 547. The van der Waals surface area contributed by atoms with E-state index in [0.717, 1.165) is 12.8 Å². The van der Waals surface area contributed by atoms with Gasteiger partial charge >= 0.3 is 0 Å². The minimum absolute atomic E-state index is 0.0695. The summed E-state index contributed by atoms with van der Waals surface area (Å²) in [5, 5.41) is 10.8. The number of allylic oxidation sites excluding steroid dienone is 1. The Hall–Kier alpha value is -1.68. The van der Waals surface area contributed by atoms with Crippen molar-refractivity contribution in [1.29, 1.82) is 0 Å². The molecule has 0 radical (unpaired) electrons. The maximum atomic E-state index is 11.7. The maximum absolute atomic E-state index is 11.7. The molecular formula is C13H12ClNO3. The molecule has 18 heavy (non-hydrogen) atoms. The predicted molar refractivity (Wildman–Crippen MR) is 69.5 cm³/mol. The summed E-state index contributed by atoms with van der Waals surface area (Å²) in [6.45, 7) is 1.92. The average molecular weight is 266 g/mol. The molecule has 1 fully saturated rings. The van der Waals surface area contributed by atoms with Crippen LogP contribution in [0.1, 0.15) is 25.3 Å². The van der Waals surface area contributed by atoms with Crippen LogP contribution < -0.4 is 0 Å². The number of hydrogen-bond donors (Lipinski definition) is 0. The standard InChI is InChI=1S/C13H12ClNO3/c1-13(6-7-13)12(16)5-3-9-2-4-10(14)11(8-9)15(17)18/h2-5,8H,6-7H2,1H3/b5-3+. The molecule has 0 bridgehead atoms. The van der Waals surface area contributed by atoms with Crippen molar-refractivity contribution < 1.29 is 9.72 Å². The van der Waals surface area contributed by atoms with E-state index in [0.29, 0.717) is 5.56 Å². The van der Waals surface area contributed by atoms with Crippen LogP contribution in [0.15, 0.2) is 24.3 Å². The summed E-state index contributed by atoms with van der Waals surface area (Å²) in [4.78, 5) is 21.9. The number of nitro groups is 1. The quantitative estimate of drug-likeness (QED) is 0.474. The molecule has 0 aromatic heterocycles. The smallest absolute Gasteiger partial charge is 0.288 e. The highest BCUT2D eigenvalue weighted by Crippen LogP contribution is 2.46. The van der Waals surface area contributed by atoms with Gasteiger partial charge in [0.15, 0.2) is 5.78 Å². The van der Waals surface area contributed by atoms with Crippen LogP contribution in [-0.4, -0.2) is 10.7 Å². The molecule has 5 heteroatoms. The Labute approximate surface area is 109 Å². The molecule has 1 saturated carbocycles. The Kier molecular flexibility index (Phi) is 3.22. The molecule has 2 rings (SSSR count). The molecule has 0 amide bonds. The van der Waals surface area contributed by atoms with Gasteiger partial charge in [0.2, 0.25) is 0 Å². The van der Waals surface area contributed by atoms with Crippen LogP contribution in [-0.2, 0) is 4.79 Å². The lowest BCUT2D eigenvalue weighted by Crippen LogP contribution is -2.07. The summed E-state index contributed by atoms with van der Waals surface area (Å²) in [6.07, 6.45) is 4.91. The van der Waals surface area contributed by atoms with Gasteiger partial charge in [0.25, 0.3) is 5.69 Å². The predicted octanol–water partition coefficient (Wildman–Crippen LogP) is 3.63. The highest BCUT2D eigenvalue weighted by Gasteiger charge is 2.42. The lowest BCUT2D eigenvalue weighted by molar-refractivity contribution is -0.384. The van der Waals surface area contributed by atoms with Gasteiger partial charge in [-0.25, -0.2) is 0 Å². The van der Waals surface area contributed by atoms with Crippen molar-refractivity contribution in [1.82, 2.24) is 0 Å². The third kappa shape index (κ3) is 2.59. The Balaban J connectivity index is 2.19. The van der Waals surface area contributed by atoms with Gasteiger partial charge < -0.3 is 0 Å². The van der Waals surface area contributed by atoms with Gasteiger partial charge in [-0.15, -0.1) is 0 Å². The van der Waals surface area contributed by atoms with Crippen molar-refractivity contribution in [3.8, 4) is 0 Å². The van der Waals surface area contributed by atoms with Crippen molar-refractivity contribution in [2.75, 3.05) is 0 Å². The van der Waals surface area contributed by atoms with Crippen LogP contribution >= 0.6 is 11.6 Å². The third-order valence-corrected chi connectivity index (χ3v) is 3.51. The highest BCUT2D eigenvalue weighted by molar-refractivity contribution is 6.32. The van der Waals surface area contributed by atoms with Gasteiger partial charge in [-0.2, -0.15) is 0 Å². The van der Waals surface area contributed by atoms with Gasteiger partial charge in [-0.3, -0.25) is 14.9 Å². The molecule has 1 aliphatic carbocycles. The first kappa shape index (κ1) is 12.8. The highest BCUT2D eigenvalue weighted by atomic mass is 35.5. The topological polar surface area (TPSA) is 60.2 Å². The van der Waals surface area contributed by atoms with Crippen molar-refractivity contribution in [2.24, 2.45) is 5.41 Å². The SMILES string of the molecule is CC1(C(=O)/C=C/c2ccc(Cl)c([N+](=O)[O-])c2)CC1. The Morgan fingerprint density at radius 3 is 2.72 bits per heavy atom. The molecule has 0 heterocycles. The second-order valence-electron chi connectivity index (χ2n) is 4.73. The van der Waals surface area contributed by atoms with E-state index in [2.05, 4.69) is 0 Å². The molecule has 4 nitrogen and oxygen atoms in total.